The molecule has 0 N–H and O–H groups in total. The molecule has 0 saturated carbocycles. The van der Waals surface area contributed by atoms with Crippen molar-refractivity contribution >= 4 is 5.78 Å². The van der Waals surface area contributed by atoms with Gasteiger partial charge in [0.2, 0.25) is 5.78 Å². The third-order valence-electron chi connectivity index (χ3n) is 6.10. The Hall–Kier alpha value is -1.34. The minimum Gasteiger partial charge on any atom is -0.377 e. The van der Waals surface area contributed by atoms with E-state index in [2.05, 4.69) is 42.5 Å². The lowest BCUT2D eigenvalue weighted by atomic mass is 9.75. The van der Waals surface area contributed by atoms with Crippen LogP contribution in [0.15, 0.2) is 24.4 Å². The summed E-state index contributed by atoms with van der Waals surface area (Å²) in [4.78, 5) is 23.0. The van der Waals surface area contributed by atoms with Crippen LogP contribution in [0.2, 0.25) is 0 Å². The van der Waals surface area contributed by atoms with E-state index in [1.165, 1.54) is 0 Å². The second kappa shape index (κ2) is 9.65. The Kier molecular flexibility index (Phi) is 7.43. The van der Waals surface area contributed by atoms with Crippen molar-refractivity contribution < 1.29 is 14.3 Å². The van der Waals surface area contributed by atoms with Crippen molar-refractivity contribution in [3.63, 3.8) is 0 Å². The van der Waals surface area contributed by atoms with E-state index in [4.69, 9.17) is 9.47 Å². The van der Waals surface area contributed by atoms with Crippen LogP contribution in [0, 0.1) is 0 Å². The Morgan fingerprint density at radius 2 is 2.07 bits per heavy atom. The number of aromatic nitrogens is 1. The molecule has 0 spiro atoms. The van der Waals surface area contributed by atoms with Gasteiger partial charge in [-0.25, -0.2) is 0 Å². The zero-order valence-electron chi connectivity index (χ0n) is 18.5. The second-order valence-corrected chi connectivity index (χ2v) is 9.21. The molecule has 0 radical (unpaired) electrons. The Morgan fingerprint density at radius 1 is 1.24 bits per heavy atom. The third kappa shape index (κ3) is 5.63. The van der Waals surface area contributed by atoms with E-state index in [-0.39, 0.29) is 17.5 Å². The van der Waals surface area contributed by atoms with Crippen molar-refractivity contribution in [1.82, 2.24) is 14.8 Å². The maximum Gasteiger partial charge on any atom is 0.201 e. The lowest BCUT2D eigenvalue weighted by Gasteiger charge is -2.49. The summed E-state index contributed by atoms with van der Waals surface area (Å²) in [6.45, 7) is 14.5. The van der Waals surface area contributed by atoms with Crippen LogP contribution in [0.25, 0.3) is 0 Å². The Morgan fingerprint density at radius 3 is 2.76 bits per heavy atom. The molecule has 6 heteroatoms. The van der Waals surface area contributed by atoms with Gasteiger partial charge >= 0.3 is 0 Å². The average molecular weight is 404 g/mol. The van der Waals surface area contributed by atoms with E-state index in [1.807, 2.05) is 18.2 Å². The summed E-state index contributed by atoms with van der Waals surface area (Å²) < 4.78 is 11.7. The summed E-state index contributed by atoms with van der Waals surface area (Å²) in [5.74, 6) is 0.145. The van der Waals surface area contributed by atoms with E-state index < -0.39 is 5.54 Å². The van der Waals surface area contributed by atoms with E-state index in [0.717, 1.165) is 52.2 Å². The van der Waals surface area contributed by atoms with Gasteiger partial charge in [0.25, 0.3) is 0 Å². The zero-order valence-corrected chi connectivity index (χ0v) is 18.5. The van der Waals surface area contributed by atoms with Gasteiger partial charge < -0.3 is 9.47 Å². The molecule has 2 aliphatic rings. The highest BCUT2D eigenvalue weighted by Gasteiger charge is 2.50. The lowest BCUT2D eigenvalue weighted by molar-refractivity contribution is -0.107. The molecule has 0 bridgehead atoms. The van der Waals surface area contributed by atoms with Crippen molar-refractivity contribution in [3.8, 4) is 0 Å². The summed E-state index contributed by atoms with van der Waals surface area (Å²) >= 11 is 0. The van der Waals surface area contributed by atoms with Crippen molar-refractivity contribution in [3.05, 3.63) is 30.1 Å². The van der Waals surface area contributed by atoms with Crippen LogP contribution in [-0.2, 0) is 9.47 Å². The molecule has 1 atom stereocenters. The number of pyridine rings is 1. The number of ether oxygens (including phenoxy) is 2. The molecular weight excluding hydrogens is 366 g/mol. The largest absolute Gasteiger partial charge is 0.377 e. The van der Waals surface area contributed by atoms with E-state index in [9.17, 15) is 4.79 Å². The first kappa shape index (κ1) is 22.3. The van der Waals surface area contributed by atoms with Crippen molar-refractivity contribution in [2.24, 2.45) is 0 Å². The molecule has 1 unspecified atom stereocenters. The fourth-order valence-corrected chi connectivity index (χ4v) is 4.72. The minimum absolute atomic E-state index is 0.145. The Labute approximate surface area is 175 Å². The first-order valence-corrected chi connectivity index (χ1v) is 11.0. The normalized spacial score (nSPS) is 26.4. The molecule has 0 aliphatic carbocycles. The van der Waals surface area contributed by atoms with Crippen LogP contribution in [0.4, 0.5) is 0 Å². The minimum atomic E-state index is -0.541. The fourth-order valence-electron chi connectivity index (χ4n) is 4.72. The van der Waals surface area contributed by atoms with Gasteiger partial charge in [-0.05, 0) is 59.2 Å². The molecule has 6 nitrogen and oxygen atoms in total. The highest BCUT2D eigenvalue weighted by Crippen LogP contribution is 2.39. The van der Waals surface area contributed by atoms with E-state index in [0.29, 0.717) is 18.7 Å². The van der Waals surface area contributed by atoms with Gasteiger partial charge in [0.05, 0.1) is 23.9 Å². The van der Waals surface area contributed by atoms with Crippen LogP contribution in [-0.4, -0.2) is 83.7 Å². The molecule has 29 heavy (non-hydrogen) atoms. The Balaban J connectivity index is 1.77. The number of hydrogen-bond donors (Lipinski definition) is 0. The topological polar surface area (TPSA) is 54.9 Å². The Bertz CT molecular complexity index is 665. The molecular formula is C23H37N3O3. The fraction of sp³-hybridized carbons (Fsp3) is 0.739. The van der Waals surface area contributed by atoms with Crippen LogP contribution in [0.3, 0.4) is 0 Å². The summed E-state index contributed by atoms with van der Waals surface area (Å²) in [5, 5.41) is 0. The molecule has 162 valence electrons. The van der Waals surface area contributed by atoms with Crippen LogP contribution in [0.1, 0.15) is 57.4 Å². The maximum absolute atomic E-state index is 13.8. The monoisotopic (exact) mass is 403 g/mol. The van der Waals surface area contributed by atoms with Crippen molar-refractivity contribution in [2.75, 3.05) is 45.9 Å². The number of carbonyl (C=O) groups is 1. The van der Waals surface area contributed by atoms with Gasteiger partial charge in [0.15, 0.2) is 0 Å². The van der Waals surface area contributed by atoms with Gasteiger partial charge in [0.1, 0.15) is 5.69 Å². The number of Topliss-reactive ketones (excluding diaryl/α,β-unsaturated/α-hetero) is 1. The third-order valence-corrected chi connectivity index (χ3v) is 6.10. The number of carbonyl (C=O) groups excluding carboxylic acids is 1. The molecule has 1 aromatic rings. The SMILES string of the molecule is CC(C)OCCN1CCCN(C2(C(=O)c3ccccn3)CCOC(C)(C)C2)CC1. The smallest absolute Gasteiger partial charge is 0.201 e. The van der Waals surface area contributed by atoms with Crippen molar-refractivity contribution in [2.45, 2.75) is 64.2 Å². The van der Waals surface area contributed by atoms with Crippen LogP contribution < -0.4 is 0 Å². The number of hydrogen-bond acceptors (Lipinski definition) is 6. The first-order chi connectivity index (χ1) is 13.8. The molecule has 0 aromatic carbocycles. The summed E-state index contributed by atoms with van der Waals surface area (Å²) in [7, 11) is 0. The van der Waals surface area contributed by atoms with E-state index >= 15 is 0 Å². The summed E-state index contributed by atoms with van der Waals surface area (Å²) in [6.07, 6.45) is 4.46. The van der Waals surface area contributed by atoms with Gasteiger partial charge in [-0.3, -0.25) is 19.6 Å². The van der Waals surface area contributed by atoms with Gasteiger partial charge in [-0.15, -0.1) is 0 Å². The zero-order chi connectivity index (χ0) is 20.9. The lowest BCUT2D eigenvalue weighted by Crippen LogP contribution is -2.62. The van der Waals surface area contributed by atoms with Gasteiger partial charge in [-0.2, -0.15) is 0 Å². The molecule has 2 fully saturated rings. The first-order valence-electron chi connectivity index (χ1n) is 11.0. The van der Waals surface area contributed by atoms with Gasteiger partial charge in [-0.1, -0.05) is 6.07 Å². The quantitative estimate of drug-likeness (QED) is 0.653. The standard InChI is InChI=1S/C23H37N3O3/c1-19(2)28-17-15-25-11-7-12-26(14-13-25)23(9-16-29-22(3,4)18-23)21(27)20-8-5-6-10-24-20/h5-6,8,10,19H,7,9,11-18H2,1-4H3. The average Bonchev–Trinajstić information content (AvgIpc) is 2.93. The van der Waals surface area contributed by atoms with Crippen molar-refractivity contribution in [1.29, 1.82) is 0 Å². The van der Waals surface area contributed by atoms with Crippen LogP contribution in [0.5, 0.6) is 0 Å². The molecule has 3 heterocycles. The number of rotatable bonds is 7. The van der Waals surface area contributed by atoms with E-state index in [1.54, 1.807) is 6.20 Å². The molecule has 2 saturated heterocycles. The predicted octanol–water partition coefficient (Wildman–Crippen LogP) is 3.02. The number of ketones is 1. The summed E-state index contributed by atoms with van der Waals surface area (Å²) in [5.41, 5.74) is -0.294. The molecule has 0 amide bonds. The number of nitrogens with zero attached hydrogens (tertiary/aromatic N) is 3. The molecule has 2 aliphatic heterocycles. The van der Waals surface area contributed by atoms with Gasteiger partial charge in [0, 0.05) is 45.4 Å². The summed E-state index contributed by atoms with van der Waals surface area (Å²) in [6, 6.07) is 5.61. The highest BCUT2D eigenvalue weighted by molar-refractivity contribution is 6.02. The van der Waals surface area contributed by atoms with Crippen LogP contribution >= 0.6 is 0 Å². The highest BCUT2D eigenvalue weighted by atomic mass is 16.5. The maximum atomic E-state index is 13.8. The predicted molar refractivity (Wildman–Crippen MR) is 114 cm³/mol. The molecule has 3 rings (SSSR count). The molecule has 1 aromatic heterocycles. The second-order valence-electron chi connectivity index (χ2n) is 9.21.